The van der Waals surface area contributed by atoms with Crippen molar-refractivity contribution in [3.05, 3.63) is 22.3 Å². The summed E-state index contributed by atoms with van der Waals surface area (Å²) in [5.74, 6) is 1.31. The lowest BCUT2D eigenvalue weighted by Gasteiger charge is -2.32. The quantitative estimate of drug-likeness (QED) is 0.796. The lowest BCUT2D eigenvalue weighted by molar-refractivity contribution is 0.138. The number of hydrogen-bond donors (Lipinski definition) is 1. The second-order valence-electron chi connectivity index (χ2n) is 5.29. The molecular weight excluding hydrogens is 248 g/mol. The summed E-state index contributed by atoms with van der Waals surface area (Å²) in [4.78, 5) is 0.478. The molecule has 18 heavy (non-hydrogen) atoms. The van der Waals surface area contributed by atoms with Crippen molar-refractivity contribution >= 4 is 10.7 Å². The first-order valence-electron chi connectivity index (χ1n) is 6.28. The van der Waals surface area contributed by atoms with Crippen molar-refractivity contribution in [1.29, 1.82) is 0 Å². The van der Waals surface area contributed by atoms with Crippen molar-refractivity contribution in [2.24, 2.45) is 5.92 Å². The third kappa shape index (κ3) is 1.92. The number of thiol groups is 1. The summed E-state index contributed by atoms with van der Waals surface area (Å²) in [6.45, 7) is 9.89. The SMILES string of the molecule is Cc1c(C)c([SH](=O)=O)c(C)c2c1OC(C)C(C)C2. The van der Waals surface area contributed by atoms with Gasteiger partial charge in [0.05, 0.1) is 11.0 Å². The van der Waals surface area contributed by atoms with Crippen molar-refractivity contribution in [2.75, 3.05) is 0 Å². The monoisotopic (exact) mass is 268 g/mol. The van der Waals surface area contributed by atoms with Gasteiger partial charge in [0.1, 0.15) is 5.75 Å². The Bertz CT molecular complexity index is 565. The molecular formula is C14H20O3S. The largest absolute Gasteiger partial charge is 0.490 e. The van der Waals surface area contributed by atoms with E-state index in [2.05, 4.69) is 13.8 Å². The van der Waals surface area contributed by atoms with Gasteiger partial charge in [-0.05, 0) is 62.3 Å². The molecule has 0 fully saturated rings. The van der Waals surface area contributed by atoms with Gasteiger partial charge in [-0.25, -0.2) is 8.42 Å². The molecule has 3 nitrogen and oxygen atoms in total. The van der Waals surface area contributed by atoms with Crippen LogP contribution >= 0.6 is 0 Å². The molecule has 0 aromatic heterocycles. The standard InChI is InChI=1S/C14H20O3S/c1-7-6-12-10(4)14(18(15)16)9(3)8(2)13(12)17-11(7)5/h7,11,18H,6H2,1-5H3. The van der Waals surface area contributed by atoms with Gasteiger partial charge in [0.25, 0.3) is 0 Å². The predicted octanol–water partition coefficient (Wildman–Crippen LogP) is 2.54. The normalized spacial score (nSPS) is 22.8. The predicted molar refractivity (Wildman–Crippen MR) is 72.2 cm³/mol. The Kier molecular flexibility index (Phi) is 3.41. The lowest BCUT2D eigenvalue weighted by atomic mass is 9.87. The Balaban J connectivity index is 2.75. The van der Waals surface area contributed by atoms with E-state index in [1.165, 1.54) is 0 Å². The first-order chi connectivity index (χ1) is 8.34. The van der Waals surface area contributed by atoms with Crippen LogP contribution in [0.4, 0.5) is 0 Å². The minimum atomic E-state index is -2.55. The molecule has 0 radical (unpaired) electrons. The van der Waals surface area contributed by atoms with E-state index < -0.39 is 10.7 Å². The van der Waals surface area contributed by atoms with Crippen molar-refractivity contribution < 1.29 is 13.2 Å². The highest BCUT2D eigenvalue weighted by atomic mass is 32.2. The molecule has 1 heterocycles. The van der Waals surface area contributed by atoms with Crippen LogP contribution in [0.25, 0.3) is 0 Å². The highest BCUT2D eigenvalue weighted by Crippen LogP contribution is 2.39. The van der Waals surface area contributed by atoms with E-state index in [0.29, 0.717) is 10.8 Å². The summed E-state index contributed by atoms with van der Waals surface area (Å²) in [6, 6.07) is 0. The number of fused-ring (bicyclic) bond motifs is 1. The molecule has 0 saturated carbocycles. The molecule has 0 N–H and O–H groups in total. The Morgan fingerprint density at radius 2 is 1.67 bits per heavy atom. The highest BCUT2D eigenvalue weighted by Gasteiger charge is 2.28. The van der Waals surface area contributed by atoms with Gasteiger partial charge in [-0.15, -0.1) is 0 Å². The fraction of sp³-hybridized carbons (Fsp3) is 0.571. The minimum absolute atomic E-state index is 0.182. The van der Waals surface area contributed by atoms with Crippen LogP contribution in [0.1, 0.15) is 36.1 Å². The van der Waals surface area contributed by atoms with Crippen LogP contribution in [0.2, 0.25) is 0 Å². The molecule has 0 saturated heterocycles. The third-order valence-electron chi connectivity index (χ3n) is 4.15. The molecule has 1 aliphatic rings. The molecule has 0 spiro atoms. The van der Waals surface area contributed by atoms with Gasteiger partial charge >= 0.3 is 0 Å². The maximum atomic E-state index is 11.4. The fourth-order valence-electron chi connectivity index (χ4n) is 2.64. The van der Waals surface area contributed by atoms with Crippen LogP contribution in [-0.4, -0.2) is 14.5 Å². The Morgan fingerprint density at radius 3 is 2.22 bits per heavy atom. The van der Waals surface area contributed by atoms with Gasteiger partial charge < -0.3 is 4.74 Å². The summed E-state index contributed by atoms with van der Waals surface area (Å²) in [6.07, 6.45) is 1.07. The molecule has 0 aliphatic carbocycles. The van der Waals surface area contributed by atoms with Crippen LogP contribution in [0.3, 0.4) is 0 Å². The summed E-state index contributed by atoms with van der Waals surface area (Å²) >= 11 is 0. The van der Waals surface area contributed by atoms with Crippen molar-refractivity contribution in [1.82, 2.24) is 0 Å². The van der Waals surface area contributed by atoms with Gasteiger partial charge in [0, 0.05) is 0 Å². The zero-order valence-corrected chi connectivity index (χ0v) is 12.4. The topological polar surface area (TPSA) is 43.4 Å². The first kappa shape index (κ1) is 13.4. The Labute approximate surface area is 110 Å². The summed E-state index contributed by atoms with van der Waals surface area (Å²) in [5.41, 5.74) is 3.72. The molecule has 0 amide bonds. The summed E-state index contributed by atoms with van der Waals surface area (Å²) in [5, 5.41) is 0. The summed E-state index contributed by atoms with van der Waals surface area (Å²) in [7, 11) is -2.55. The molecule has 1 aliphatic heterocycles. The van der Waals surface area contributed by atoms with E-state index in [9.17, 15) is 8.42 Å². The van der Waals surface area contributed by atoms with Crippen LogP contribution in [0, 0.1) is 26.7 Å². The van der Waals surface area contributed by atoms with E-state index >= 15 is 0 Å². The zero-order valence-electron chi connectivity index (χ0n) is 11.5. The van der Waals surface area contributed by atoms with Gasteiger partial charge in [-0.1, -0.05) is 6.92 Å². The van der Waals surface area contributed by atoms with E-state index in [1.54, 1.807) is 0 Å². The third-order valence-corrected chi connectivity index (χ3v) is 5.19. The zero-order chi connectivity index (χ0) is 13.6. The highest BCUT2D eigenvalue weighted by molar-refractivity contribution is 7.72. The fourth-order valence-corrected chi connectivity index (χ4v) is 3.49. The second-order valence-corrected chi connectivity index (χ2v) is 6.25. The van der Waals surface area contributed by atoms with Crippen molar-refractivity contribution in [3.8, 4) is 5.75 Å². The van der Waals surface area contributed by atoms with E-state index in [4.69, 9.17) is 4.74 Å². The Hall–Kier alpha value is -1.03. The first-order valence-corrected chi connectivity index (χ1v) is 7.46. The van der Waals surface area contributed by atoms with E-state index in [-0.39, 0.29) is 6.10 Å². The molecule has 2 rings (SSSR count). The second kappa shape index (κ2) is 4.57. The number of ether oxygens (including phenoxy) is 1. The average Bonchev–Trinajstić information content (AvgIpc) is 2.29. The maximum Gasteiger partial charge on any atom is 0.168 e. The molecule has 1 aromatic carbocycles. The molecule has 100 valence electrons. The van der Waals surface area contributed by atoms with E-state index in [1.807, 2.05) is 20.8 Å². The maximum absolute atomic E-state index is 11.4. The number of hydrogen-bond acceptors (Lipinski definition) is 3. The number of rotatable bonds is 1. The van der Waals surface area contributed by atoms with Gasteiger partial charge in [-0.2, -0.15) is 0 Å². The molecule has 2 unspecified atom stereocenters. The molecule has 4 heteroatoms. The van der Waals surface area contributed by atoms with E-state index in [0.717, 1.165) is 34.4 Å². The van der Waals surface area contributed by atoms with Crippen LogP contribution in [-0.2, 0) is 17.1 Å². The Morgan fingerprint density at radius 1 is 1.06 bits per heavy atom. The van der Waals surface area contributed by atoms with Crippen LogP contribution in [0.15, 0.2) is 4.90 Å². The minimum Gasteiger partial charge on any atom is -0.490 e. The van der Waals surface area contributed by atoms with Gasteiger partial charge in [0.15, 0.2) is 10.7 Å². The van der Waals surface area contributed by atoms with Crippen molar-refractivity contribution in [2.45, 2.75) is 52.0 Å². The molecule has 1 aromatic rings. The van der Waals surface area contributed by atoms with Crippen LogP contribution < -0.4 is 4.74 Å². The van der Waals surface area contributed by atoms with Crippen LogP contribution in [0.5, 0.6) is 5.75 Å². The summed E-state index contributed by atoms with van der Waals surface area (Å²) < 4.78 is 28.8. The molecule has 0 bridgehead atoms. The smallest absolute Gasteiger partial charge is 0.168 e. The number of benzene rings is 1. The van der Waals surface area contributed by atoms with Crippen molar-refractivity contribution in [3.63, 3.8) is 0 Å². The van der Waals surface area contributed by atoms with Gasteiger partial charge in [-0.3, -0.25) is 0 Å². The lowest BCUT2D eigenvalue weighted by Crippen LogP contribution is -2.29. The average molecular weight is 268 g/mol. The molecule has 2 atom stereocenters. The van der Waals surface area contributed by atoms with Gasteiger partial charge in [0.2, 0.25) is 0 Å².